The second-order valence-electron chi connectivity index (χ2n) is 7.01. The van der Waals surface area contributed by atoms with Crippen LogP contribution in [0.5, 0.6) is 0 Å². The van der Waals surface area contributed by atoms with E-state index in [4.69, 9.17) is 0 Å². The van der Waals surface area contributed by atoms with Gasteiger partial charge in [-0.05, 0) is 12.1 Å². The predicted octanol–water partition coefficient (Wildman–Crippen LogP) is 7.67. The van der Waals surface area contributed by atoms with Gasteiger partial charge in [-0.25, -0.2) is 0 Å². The van der Waals surface area contributed by atoms with Crippen LogP contribution in [0.3, 0.4) is 0 Å². The van der Waals surface area contributed by atoms with Gasteiger partial charge in [0.2, 0.25) is 0 Å². The Labute approximate surface area is 174 Å². The molecule has 4 aromatic carbocycles. The average molecular weight is 414 g/mol. The Morgan fingerprint density at radius 1 is 0.517 bits per heavy atom. The van der Waals surface area contributed by atoms with Gasteiger partial charge in [0.05, 0.1) is 4.70 Å². The van der Waals surface area contributed by atoms with Gasteiger partial charge in [-0.15, -0.1) is 27.9 Å². The fraction of sp³-hybridized carbons (Fsp3) is 0. The Balaban J connectivity index is 1.72. The summed E-state index contributed by atoms with van der Waals surface area (Å²) in [6.07, 6.45) is 0. The highest BCUT2D eigenvalue weighted by molar-refractivity contribution is 7.27. The first kappa shape index (κ1) is 16.9. The van der Waals surface area contributed by atoms with E-state index in [0.717, 1.165) is 20.2 Å². The fourth-order valence-corrected chi connectivity index (χ4v) is 6.69. The Morgan fingerprint density at radius 3 is 1.79 bits per heavy atom. The number of rotatable bonds is 2. The van der Waals surface area contributed by atoms with E-state index in [0.29, 0.717) is 5.69 Å². The third-order valence-corrected chi connectivity index (χ3v) is 7.91. The van der Waals surface area contributed by atoms with Gasteiger partial charge in [0.1, 0.15) is 5.69 Å². The highest BCUT2D eigenvalue weighted by Crippen LogP contribution is 2.46. The molecule has 0 radical (unpaired) electrons. The minimum Gasteiger partial charge on any atom is -0.264 e. The maximum Gasteiger partial charge on any atom is 0.112 e. The van der Waals surface area contributed by atoms with Crippen LogP contribution in [0.2, 0.25) is 0 Å². The number of nitrogens with zero attached hydrogens (tertiary/aromatic N) is 1. The molecule has 140 valence electrons. The van der Waals surface area contributed by atoms with E-state index in [9.17, 15) is 10.4 Å². The van der Waals surface area contributed by atoms with Crippen LogP contribution in [0.4, 0.5) is 5.69 Å². The number of benzene rings is 4. The molecule has 0 fully saturated rings. The summed E-state index contributed by atoms with van der Waals surface area (Å²) in [6, 6.07) is 27.0. The Morgan fingerprint density at radius 2 is 1.07 bits per heavy atom. The SMILES string of the molecule is ON(O)c1cccc2c1sc1c(-c3cccc4c3sc3ccccc34)cccc12. The number of hydrogen-bond acceptors (Lipinski definition) is 5. The van der Waals surface area contributed by atoms with Gasteiger partial charge in [-0.1, -0.05) is 66.7 Å². The second kappa shape index (κ2) is 6.27. The van der Waals surface area contributed by atoms with Crippen LogP contribution in [-0.4, -0.2) is 10.4 Å². The molecular weight excluding hydrogens is 398 g/mol. The van der Waals surface area contributed by atoms with Gasteiger partial charge in [-0.3, -0.25) is 10.4 Å². The molecular formula is C24H15NO2S2. The van der Waals surface area contributed by atoms with E-state index in [1.165, 1.54) is 31.3 Å². The zero-order valence-corrected chi connectivity index (χ0v) is 16.8. The monoisotopic (exact) mass is 413 g/mol. The van der Waals surface area contributed by atoms with Crippen molar-refractivity contribution in [1.82, 2.24) is 0 Å². The molecule has 0 amide bonds. The van der Waals surface area contributed by atoms with Gasteiger partial charge in [0, 0.05) is 46.8 Å². The van der Waals surface area contributed by atoms with Crippen molar-refractivity contribution in [2.45, 2.75) is 0 Å². The van der Waals surface area contributed by atoms with Gasteiger partial charge in [0.15, 0.2) is 0 Å². The molecule has 3 nitrogen and oxygen atoms in total. The van der Waals surface area contributed by atoms with Crippen LogP contribution in [-0.2, 0) is 0 Å². The summed E-state index contributed by atoms with van der Waals surface area (Å²) in [5, 5.41) is 24.2. The van der Waals surface area contributed by atoms with E-state index < -0.39 is 0 Å². The molecule has 0 bridgehead atoms. The predicted molar refractivity (Wildman–Crippen MR) is 124 cm³/mol. The van der Waals surface area contributed by atoms with Crippen LogP contribution in [0.1, 0.15) is 0 Å². The molecule has 2 heterocycles. The lowest BCUT2D eigenvalue weighted by Crippen LogP contribution is -2.10. The lowest BCUT2D eigenvalue weighted by Gasteiger charge is -2.07. The van der Waals surface area contributed by atoms with Gasteiger partial charge >= 0.3 is 0 Å². The molecule has 29 heavy (non-hydrogen) atoms. The minimum absolute atomic E-state index is 0.212. The summed E-state index contributed by atoms with van der Waals surface area (Å²) in [6.45, 7) is 0. The van der Waals surface area contributed by atoms with Crippen molar-refractivity contribution < 1.29 is 10.4 Å². The Hall–Kier alpha value is -2.96. The molecule has 0 aliphatic carbocycles. The quantitative estimate of drug-likeness (QED) is 0.286. The summed E-state index contributed by atoms with van der Waals surface area (Å²) >= 11 is 3.42. The Kier molecular flexibility index (Phi) is 3.66. The van der Waals surface area contributed by atoms with Crippen LogP contribution in [0, 0.1) is 0 Å². The van der Waals surface area contributed by atoms with Crippen LogP contribution >= 0.6 is 22.7 Å². The summed E-state index contributed by atoms with van der Waals surface area (Å²) < 4.78 is 4.59. The van der Waals surface area contributed by atoms with Crippen LogP contribution in [0.25, 0.3) is 51.5 Å². The van der Waals surface area contributed by atoms with Crippen molar-refractivity contribution in [1.29, 1.82) is 0 Å². The molecule has 6 rings (SSSR count). The first-order valence-corrected chi connectivity index (χ1v) is 10.9. The number of thiophene rings is 2. The van der Waals surface area contributed by atoms with E-state index >= 15 is 0 Å². The molecule has 2 aromatic heterocycles. The van der Waals surface area contributed by atoms with E-state index in [-0.39, 0.29) is 5.23 Å². The van der Waals surface area contributed by atoms with E-state index in [2.05, 4.69) is 60.7 Å². The smallest absolute Gasteiger partial charge is 0.112 e. The zero-order chi connectivity index (χ0) is 19.5. The van der Waals surface area contributed by atoms with Gasteiger partial charge in [-0.2, -0.15) is 0 Å². The largest absolute Gasteiger partial charge is 0.264 e. The topological polar surface area (TPSA) is 43.7 Å². The second-order valence-corrected chi connectivity index (χ2v) is 9.08. The molecule has 0 spiro atoms. The molecule has 0 aliphatic rings. The minimum atomic E-state index is 0.212. The molecule has 0 saturated carbocycles. The number of hydrogen-bond donors (Lipinski definition) is 2. The van der Waals surface area contributed by atoms with Crippen molar-refractivity contribution in [2.75, 3.05) is 5.23 Å². The van der Waals surface area contributed by atoms with Crippen molar-refractivity contribution in [2.24, 2.45) is 0 Å². The summed E-state index contributed by atoms with van der Waals surface area (Å²) in [5.74, 6) is 0. The normalized spacial score (nSPS) is 11.8. The molecule has 2 N–H and O–H groups in total. The van der Waals surface area contributed by atoms with Crippen molar-refractivity contribution in [3.05, 3.63) is 78.9 Å². The third kappa shape index (κ3) is 2.42. The summed E-state index contributed by atoms with van der Waals surface area (Å²) in [5.41, 5.74) is 2.79. The first-order valence-electron chi connectivity index (χ1n) is 9.25. The summed E-state index contributed by atoms with van der Waals surface area (Å²) in [7, 11) is 0. The fourth-order valence-electron chi connectivity index (χ4n) is 4.13. The van der Waals surface area contributed by atoms with Crippen molar-refractivity contribution >= 4 is 68.7 Å². The molecule has 0 atom stereocenters. The lowest BCUT2D eigenvalue weighted by atomic mass is 10.0. The van der Waals surface area contributed by atoms with Gasteiger partial charge in [0.25, 0.3) is 0 Å². The molecule has 5 heteroatoms. The third-order valence-electron chi connectivity index (χ3n) is 5.41. The zero-order valence-electron chi connectivity index (χ0n) is 15.2. The lowest BCUT2D eigenvalue weighted by molar-refractivity contribution is 0.0301. The molecule has 0 aliphatic heterocycles. The first-order chi connectivity index (χ1) is 14.2. The maximum absolute atomic E-state index is 9.65. The van der Waals surface area contributed by atoms with Crippen molar-refractivity contribution in [3.8, 4) is 11.1 Å². The molecule has 0 saturated heterocycles. The number of fused-ring (bicyclic) bond motifs is 6. The van der Waals surface area contributed by atoms with Crippen LogP contribution < -0.4 is 5.23 Å². The number of anilines is 1. The van der Waals surface area contributed by atoms with E-state index in [1.807, 2.05) is 23.5 Å². The highest BCUT2D eigenvalue weighted by atomic mass is 32.1. The Bertz CT molecular complexity index is 1550. The molecule has 0 unspecified atom stereocenters. The average Bonchev–Trinajstić information content (AvgIpc) is 3.31. The maximum atomic E-state index is 9.65. The van der Waals surface area contributed by atoms with Crippen molar-refractivity contribution in [3.63, 3.8) is 0 Å². The molecule has 6 aromatic rings. The van der Waals surface area contributed by atoms with E-state index in [1.54, 1.807) is 17.4 Å². The highest BCUT2D eigenvalue weighted by Gasteiger charge is 2.17. The van der Waals surface area contributed by atoms with Gasteiger partial charge < -0.3 is 0 Å². The standard InChI is InChI=1S/C24H15NO2S2/c26-25(27)20-12-5-11-19-18-10-4-9-17(23(18)29-24(19)20)16-8-3-7-15-14-6-1-2-13-21(14)28-22(15)16/h1-13,26-27H. The summed E-state index contributed by atoms with van der Waals surface area (Å²) in [4.78, 5) is 0. The van der Waals surface area contributed by atoms with Crippen LogP contribution in [0.15, 0.2) is 78.9 Å².